The fourth-order valence-corrected chi connectivity index (χ4v) is 4.08. The van der Waals surface area contributed by atoms with Crippen LogP contribution in [0.4, 0.5) is 18.9 Å². The van der Waals surface area contributed by atoms with Gasteiger partial charge in [0.15, 0.2) is 0 Å². The highest BCUT2D eigenvalue weighted by Gasteiger charge is 2.79. The highest BCUT2D eigenvalue weighted by atomic mass is 32.2. The summed E-state index contributed by atoms with van der Waals surface area (Å²) in [5.41, 5.74) is -2.27. The molecule has 3 aliphatic rings. The number of amides is 1. The summed E-state index contributed by atoms with van der Waals surface area (Å²) in [5.74, 6) is -0.577. The molecule has 2 bridgehead atoms. The Labute approximate surface area is 131 Å². The molecule has 0 spiro atoms. The van der Waals surface area contributed by atoms with Crippen molar-refractivity contribution in [1.29, 1.82) is 0 Å². The summed E-state index contributed by atoms with van der Waals surface area (Å²) in [6.07, 6.45) is -3.63. The molecule has 4 rings (SSSR count). The Bertz CT molecular complexity index is 754. The number of carbonyl (C=O) groups excluding carboxylic acids is 1. The molecule has 0 saturated heterocycles. The van der Waals surface area contributed by atoms with Crippen molar-refractivity contribution in [2.45, 2.75) is 31.0 Å². The highest BCUT2D eigenvalue weighted by molar-refractivity contribution is 7.92. The van der Waals surface area contributed by atoms with Gasteiger partial charge < -0.3 is 5.32 Å². The molecule has 3 aliphatic carbocycles. The first kappa shape index (κ1) is 16.1. The first-order valence-corrected chi connectivity index (χ1v) is 8.81. The van der Waals surface area contributed by atoms with Crippen molar-refractivity contribution >= 4 is 21.6 Å². The number of para-hydroxylation sites is 1. The van der Waals surface area contributed by atoms with Gasteiger partial charge in [0, 0.05) is 5.54 Å². The molecule has 1 aromatic carbocycles. The number of carbonyl (C=O) groups is 1. The fourth-order valence-electron chi connectivity index (χ4n) is 3.50. The summed E-state index contributed by atoms with van der Waals surface area (Å²) in [5, 5.41) is 2.62. The normalized spacial score (nSPS) is 29.2. The maximum absolute atomic E-state index is 12.8. The van der Waals surface area contributed by atoms with E-state index in [1.54, 1.807) is 12.1 Å². The molecule has 3 saturated carbocycles. The summed E-state index contributed by atoms with van der Waals surface area (Å²) >= 11 is 0. The topological polar surface area (TPSA) is 75.3 Å². The third kappa shape index (κ3) is 2.66. The van der Waals surface area contributed by atoms with Crippen LogP contribution in [0.25, 0.3) is 0 Å². The number of rotatable bonds is 4. The van der Waals surface area contributed by atoms with E-state index in [1.165, 1.54) is 12.1 Å². The van der Waals surface area contributed by atoms with E-state index in [2.05, 4.69) is 10.0 Å². The first-order valence-electron chi connectivity index (χ1n) is 6.92. The summed E-state index contributed by atoms with van der Waals surface area (Å²) in [7, 11) is -3.57. The van der Waals surface area contributed by atoms with Gasteiger partial charge in [0.2, 0.25) is 10.0 Å². The second kappa shape index (κ2) is 4.62. The molecule has 0 radical (unpaired) electrons. The maximum atomic E-state index is 12.8. The molecule has 5 nitrogen and oxygen atoms in total. The van der Waals surface area contributed by atoms with E-state index in [9.17, 15) is 26.4 Å². The lowest BCUT2D eigenvalue weighted by Gasteiger charge is -2.70. The van der Waals surface area contributed by atoms with E-state index in [-0.39, 0.29) is 30.5 Å². The molecule has 9 heteroatoms. The van der Waals surface area contributed by atoms with Gasteiger partial charge in [-0.15, -0.1) is 0 Å². The van der Waals surface area contributed by atoms with Gasteiger partial charge in [0.1, 0.15) is 0 Å². The Hall–Kier alpha value is -1.77. The van der Waals surface area contributed by atoms with Gasteiger partial charge in [-0.3, -0.25) is 9.52 Å². The molecule has 1 aromatic rings. The van der Waals surface area contributed by atoms with Gasteiger partial charge >= 0.3 is 6.18 Å². The SMILES string of the molecule is CS(=O)(=O)Nc1ccccc1C(=O)NC12CC(C(F)(F)F)(C1)C2. The van der Waals surface area contributed by atoms with E-state index >= 15 is 0 Å². The number of benzene rings is 1. The number of anilines is 1. The summed E-state index contributed by atoms with van der Waals surface area (Å²) in [6, 6.07) is 5.97. The lowest BCUT2D eigenvalue weighted by Crippen LogP contribution is -2.78. The number of nitrogens with one attached hydrogen (secondary N) is 2. The molecule has 2 N–H and O–H groups in total. The van der Waals surface area contributed by atoms with Crippen LogP contribution in [0.15, 0.2) is 24.3 Å². The number of sulfonamides is 1. The molecule has 0 aliphatic heterocycles. The average Bonchev–Trinajstić information content (AvgIpc) is 2.28. The Morgan fingerprint density at radius 2 is 1.74 bits per heavy atom. The van der Waals surface area contributed by atoms with Gasteiger partial charge in [0.05, 0.1) is 22.9 Å². The van der Waals surface area contributed by atoms with E-state index in [1.807, 2.05) is 0 Å². The largest absolute Gasteiger partial charge is 0.394 e. The zero-order chi connectivity index (χ0) is 17.1. The van der Waals surface area contributed by atoms with Crippen molar-refractivity contribution in [3.05, 3.63) is 29.8 Å². The third-order valence-corrected chi connectivity index (χ3v) is 5.07. The van der Waals surface area contributed by atoms with Gasteiger partial charge in [0.25, 0.3) is 5.91 Å². The van der Waals surface area contributed by atoms with E-state index < -0.39 is 33.1 Å². The molecule has 0 unspecified atom stereocenters. The van der Waals surface area contributed by atoms with Gasteiger partial charge in [-0.05, 0) is 31.4 Å². The van der Waals surface area contributed by atoms with Crippen LogP contribution in [0, 0.1) is 5.41 Å². The minimum atomic E-state index is -4.24. The smallest absolute Gasteiger partial charge is 0.346 e. The van der Waals surface area contributed by atoms with Crippen molar-refractivity contribution in [2.75, 3.05) is 11.0 Å². The molecular formula is C14H15F3N2O3S. The molecular weight excluding hydrogens is 333 g/mol. The molecule has 1 amide bonds. The second-order valence-electron chi connectivity index (χ2n) is 6.46. The fraction of sp³-hybridized carbons (Fsp3) is 0.500. The van der Waals surface area contributed by atoms with Crippen molar-refractivity contribution in [3.8, 4) is 0 Å². The minimum Gasteiger partial charge on any atom is -0.346 e. The van der Waals surface area contributed by atoms with Crippen LogP contribution < -0.4 is 10.0 Å². The lowest BCUT2D eigenvalue weighted by atomic mass is 9.39. The monoisotopic (exact) mass is 348 g/mol. The predicted octanol–water partition coefficient (Wildman–Crippen LogP) is 2.27. The van der Waals surface area contributed by atoms with E-state index in [0.29, 0.717) is 0 Å². The predicted molar refractivity (Wildman–Crippen MR) is 77.4 cm³/mol. The second-order valence-corrected chi connectivity index (χ2v) is 8.21. The standard InChI is InChI=1S/C14H15F3N2O3S/c1-23(21,22)19-10-5-3-2-4-9(10)11(20)18-13-6-12(7-13,8-13)14(15,16)17/h2-5,19H,6-8H2,1H3,(H,18,20). The number of alkyl halides is 3. The number of hydrogen-bond acceptors (Lipinski definition) is 3. The Kier molecular flexibility index (Phi) is 3.24. The number of hydrogen-bond donors (Lipinski definition) is 2. The van der Waals surface area contributed by atoms with Gasteiger partial charge in [-0.2, -0.15) is 13.2 Å². The van der Waals surface area contributed by atoms with Crippen molar-refractivity contribution in [1.82, 2.24) is 5.32 Å². The average molecular weight is 348 g/mol. The molecule has 0 aromatic heterocycles. The summed E-state index contributed by atoms with van der Waals surface area (Å²) in [6.45, 7) is 0. The van der Waals surface area contributed by atoms with Crippen LogP contribution >= 0.6 is 0 Å². The van der Waals surface area contributed by atoms with Crippen molar-refractivity contribution < 1.29 is 26.4 Å². The van der Waals surface area contributed by atoms with Crippen LogP contribution in [-0.4, -0.2) is 32.3 Å². The maximum Gasteiger partial charge on any atom is 0.394 e. The van der Waals surface area contributed by atoms with Gasteiger partial charge in [-0.1, -0.05) is 12.1 Å². The molecule has 126 valence electrons. The van der Waals surface area contributed by atoms with Crippen LogP contribution in [0.2, 0.25) is 0 Å². The Morgan fingerprint density at radius 1 is 1.17 bits per heavy atom. The molecule has 0 atom stereocenters. The third-order valence-electron chi connectivity index (χ3n) is 4.48. The molecule has 0 heterocycles. The van der Waals surface area contributed by atoms with Crippen LogP contribution in [0.1, 0.15) is 29.6 Å². The van der Waals surface area contributed by atoms with Crippen LogP contribution in [-0.2, 0) is 10.0 Å². The zero-order valence-electron chi connectivity index (χ0n) is 12.2. The van der Waals surface area contributed by atoms with Crippen molar-refractivity contribution in [3.63, 3.8) is 0 Å². The highest BCUT2D eigenvalue weighted by Crippen LogP contribution is 2.73. The molecule has 23 heavy (non-hydrogen) atoms. The Balaban J connectivity index is 1.72. The first-order chi connectivity index (χ1) is 10.5. The minimum absolute atomic E-state index is 0.0868. The van der Waals surface area contributed by atoms with E-state index in [4.69, 9.17) is 0 Å². The Morgan fingerprint density at radius 3 is 2.26 bits per heavy atom. The lowest BCUT2D eigenvalue weighted by molar-refractivity contribution is -0.336. The zero-order valence-corrected chi connectivity index (χ0v) is 13.0. The van der Waals surface area contributed by atoms with Crippen LogP contribution in [0.5, 0.6) is 0 Å². The van der Waals surface area contributed by atoms with Crippen molar-refractivity contribution in [2.24, 2.45) is 5.41 Å². The summed E-state index contributed by atoms with van der Waals surface area (Å²) in [4.78, 5) is 12.3. The van der Waals surface area contributed by atoms with E-state index in [0.717, 1.165) is 6.26 Å². The number of halogens is 3. The molecule has 3 fully saturated rings. The summed E-state index contributed by atoms with van der Waals surface area (Å²) < 4.78 is 63.3. The van der Waals surface area contributed by atoms with Crippen LogP contribution in [0.3, 0.4) is 0 Å². The quantitative estimate of drug-likeness (QED) is 0.876. The van der Waals surface area contributed by atoms with Gasteiger partial charge in [-0.25, -0.2) is 8.42 Å².